The van der Waals surface area contributed by atoms with Gasteiger partial charge in [0.15, 0.2) is 0 Å². The molecular formula is C16H14BrNOS. The molecule has 102 valence electrons. The summed E-state index contributed by atoms with van der Waals surface area (Å²) in [4.78, 5) is 4.65. The predicted octanol–water partition coefficient (Wildman–Crippen LogP) is 4.38. The van der Waals surface area contributed by atoms with Crippen LogP contribution in [0.3, 0.4) is 0 Å². The quantitative estimate of drug-likeness (QED) is 0.759. The number of hydrogen-bond acceptors (Lipinski definition) is 3. The Morgan fingerprint density at radius 1 is 1.10 bits per heavy atom. The molecule has 3 aromatic rings. The number of hydrogen-bond donors (Lipinski definition) is 1. The summed E-state index contributed by atoms with van der Waals surface area (Å²) in [6.07, 6.45) is 0.762. The zero-order valence-electron chi connectivity index (χ0n) is 10.8. The van der Waals surface area contributed by atoms with E-state index in [0.717, 1.165) is 27.0 Å². The highest BCUT2D eigenvalue weighted by Gasteiger charge is 2.16. The van der Waals surface area contributed by atoms with Gasteiger partial charge in [-0.15, -0.1) is 11.3 Å². The summed E-state index contributed by atoms with van der Waals surface area (Å²) in [6.45, 7) is 0.124. The van der Waals surface area contributed by atoms with Gasteiger partial charge in [0, 0.05) is 16.8 Å². The van der Waals surface area contributed by atoms with Crippen molar-refractivity contribution in [3.8, 4) is 0 Å². The lowest BCUT2D eigenvalue weighted by molar-refractivity contribution is 0.264. The van der Waals surface area contributed by atoms with Crippen molar-refractivity contribution in [1.29, 1.82) is 0 Å². The summed E-state index contributed by atoms with van der Waals surface area (Å²) >= 11 is 5.26. The Balaban J connectivity index is 1.90. The second kappa shape index (κ2) is 6.04. The van der Waals surface area contributed by atoms with Crippen molar-refractivity contribution in [2.24, 2.45) is 0 Å². The van der Waals surface area contributed by atoms with Crippen molar-refractivity contribution in [2.75, 3.05) is 6.61 Å². The van der Waals surface area contributed by atoms with Gasteiger partial charge in [0.05, 0.1) is 21.8 Å². The molecule has 2 nitrogen and oxygen atoms in total. The van der Waals surface area contributed by atoms with Crippen LogP contribution in [0.25, 0.3) is 10.2 Å². The van der Waals surface area contributed by atoms with Crippen molar-refractivity contribution in [3.63, 3.8) is 0 Å². The van der Waals surface area contributed by atoms with Crippen molar-refractivity contribution in [3.05, 3.63) is 63.6 Å². The summed E-state index contributed by atoms with van der Waals surface area (Å²) in [5, 5.41) is 10.8. The molecule has 0 bridgehead atoms. The summed E-state index contributed by atoms with van der Waals surface area (Å²) in [6, 6.07) is 16.2. The molecule has 2 aromatic carbocycles. The maximum atomic E-state index is 9.70. The second-order valence-corrected chi connectivity index (χ2v) is 6.65. The number of halogens is 1. The van der Waals surface area contributed by atoms with E-state index in [-0.39, 0.29) is 12.5 Å². The average Bonchev–Trinajstić information content (AvgIpc) is 2.88. The Labute approximate surface area is 130 Å². The standard InChI is InChI=1S/C16H14BrNOS/c17-13-6-2-1-5-12(13)11(10-19)9-16-18-14-7-3-4-8-15(14)20-16/h1-8,11,19H,9-10H2. The topological polar surface area (TPSA) is 33.1 Å². The first-order valence-corrected chi connectivity index (χ1v) is 8.08. The monoisotopic (exact) mass is 347 g/mol. The first-order valence-electron chi connectivity index (χ1n) is 6.47. The third-order valence-corrected chi connectivity index (χ3v) is 5.11. The van der Waals surface area contributed by atoms with Crippen molar-refractivity contribution in [2.45, 2.75) is 12.3 Å². The lowest BCUT2D eigenvalue weighted by atomic mass is 9.97. The molecule has 0 radical (unpaired) electrons. The Hall–Kier alpha value is -1.23. The molecule has 0 aliphatic rings. The highest BCUT2D eigenvalue weighted by atomic mass is 79.9. The molecule has 1 atom stereocenters. The summed E-state index contributed by atoms with van der Waals surface area (Å²) < 4.78 is 2.24. The number of nitrogens with zero attached hydrogens (tertiary/aromatic N) is 1. The molecule has 4 heteroatoms. The fourth-order valence-electron chi connectivity index (χ4n) is 2.30. The summed E-state index contributed by atoms with van der Waals surface area (Å²) in [7, 11) is 0. The van der Waals surface area contributed by atoms with Gasteiger partial charge in [-0.1, -0.05) is 46.3 Å². The SMILES string of the molecule is OCC(Cc1nc2ccccc2s1)c1ccccc1Br. The number of thiazole rings is 1. The fourth-order valence-corrected chi connectivity index (χ4v) is 3.95. The van der Waals surface area contributed by atoms with Gasteiger partial charge >= 0.3 is 0 Å². The van der Waals surface area contributed by atoms with E-state index in [0.29, 0.717) is 0 Å². The van der Waals surface area contributed by atoms with Gasteiger partial charge in [-0.25, -0.2) is 4.98 Å². The van der Waals surface area contributed by atoms with Crippen LogP contribution in [-0.4, -0.2) is 16.7 Å². The normalized spacial score (nSPS) is 12.7. The molecule has 0 saturated carbocycles. The Morgan fingerprint density at radius 2 is 1.85 bits per heavy atom. The van der Waals surface area contributed by atoms with Gasteiger partial charge in [0.1, 0.15) is 0 Å². The van der Waals surface area contributed by atoms with Gasteiger partial charge in [-0.05, 0) is 23.8 Å². The molecule has 0 saturated heterocycles. The number of aliphatic hydroxyl groups excluding tert-OH is 1. The molecule has 3 rings (SSSR count). The highest BCUT2D eigenvalue weighted by molar-refractivity contribution is 9.10. The van der Waals surface area contributed by atoms with E-state index in [9.17, 15) is 5.11 Å². The lowest BCUT2D eigenvalue weighted by Gasteiger charge is -2.14. The summed E-state index contributed by atoms with van der Waals surface area (Å²) in [5.74, 6) is 0.0751. The minimum absolute atomic E-state index is 0.0751. The number of fused-ring (bicyclic) bond motifs is 1. The van der Waals surface area contributed by atoms with E-state index in [1.54, 1.807) is 11.3 Å². The van der Waals surface area contributed by atoms with E-state index in [2.05, 4.69) is 33.0 Å². The molecule has 0 aliphatic carbocycles. The fraction of sp³-hybridized carbons (Fsp3) is 0.188. The molecule has 1 aromatic heterocycles. The van der Waals surface area contributed by atoms with Crippen molar-refractivity contribution >= 4 is 37.5 Å². The van der Waals surface area contributed by atoms with Crippen LogP contribution in [-0.2, 0) is 6.42 Å². The largest absolute Gasteiger partial charge is 0.396 e. The minimum atomic E-state index is 0.0751. The minimum Gasteiger partial charge on any atom is -0.396 e. The average molecular weight is 348 g/mol. The molecule has 1 unspecified atom stereocenters. The van der Waals surface area contributed by atoms with Gasteiger partial charge < -0.3 is 5.11 Å². The molecule has 0 spiro atoms. The number of aromatic nitrogens is 1. The third kappa shape index (κ3) is 2.77. The number of benzene rings is 2. The molecular weight excluding hydrogens is 334 g/mol. The molecule has 0 amide bonds. The Morgan fingerprint density at radius 3 is 2.60 bits per heavy atom. The van der Waals surface area contributed by atoms with Crippen LogP contribution in [0.2, 0.25) is 0 Å². The number of para-hydroxylation sites is 1. The molecule has 1 N–H and O–H groups in total. The van der Waals surface area contributed by atoms with E-state index in [1.165, 1.54) is 4.70 Å². The molecule has 0 aliphatic heterocycles. The Bertz CT molecular complexity index is 692. The van der Waals surface area contributed by atoms with Gasteiger partial charge in [-0.2, -0.15) is 0 Å². The number of aliphatic hydroxyl groups is 1. The van der Waals surface area contributed by atoms with Crippen LogP contribution in [0, 0.1) is 0 Å². The van der Waals surface area contributed by atoms with Crippen molar-refractivity contribution < 1.29 is 5.11 Å². The van der Waals surface area contributed by atoms with E-state index >= 15 is 0 Å². The zero-order chi connectivity index (χ0) is 13.9. The van der Waals surface area contributed by atoms with Crippen LogP contribution in [0.15, 0.2) is 53.0 Å². The summed E-state index contributed by atoms with van der Waals surface area (Å²) in [5.41, 5.74) is 2.17. The maximum absolute atomic E-state index is 9.70. The van der Waals surface area contributed by atoms with E-state index in [4.69, 9.17) is 0 Å². The van der Waals surface area contributed by atoms with Gasteiger partial charge in [0.2, 0.25) is 0 Å². The van der Waals surface area contributed by atoms with Crippen LogP contribution < -0.4 is 0 Å². The predicted molar refractivity (Wildman–Crippen MR) is 87.3 cm³/mol. The zero-order valence-corrected chi connectivity index (χ0v) is 13.2. The molecule has 1 heterocycles. The van der Waals surface area contributed by atoms with E-state index < -0.39 is 0 Å². The maximum Gasteiger partial charge on any atom is 0.0945 e. The number of rotatable bonds is 4. The smallest absolute Gasteiger partial charge is 0.0945 e. The lowest BCUT2D eigenvalue weighted by Crippen LogP contribution is -2.08. The van der Waals surface area contributed by atoms with Crippen LogP contribution >= 0.6 is 27.3 Å². The first-order chi connectivity index (χ1) is 9.78. The van der Waals surface area contributed by atoms with Crippen LogP contribution in [0.1, 0.15) is 16.5 Å². The van der Waals surface area contributed by atoms with Gasteiger partial charge in [0.25, 0.3) is 0 Å². The van der Waals surface area contributed by atoms with Gasteiger partial charge in [-0.3, -0.25) is 0 Å². The van der Waals surface area contributed by atoms with Crippen LogP contribution in [0.4, 0.5) is 0 Å². The second-order valence-electron chi connectivity index (χ2n) is 4.68. The third-order valence-electron chi connectivity index (χ3n) is 3.32. The van der Waals surface area contributed by atoms with Crippen molar-refractivity contribution in [1.82, 2.24) is 4.98 Å². The van der Waals surface area contributed by atoms with Crippen LogP contribution in [0.5, 0.6) is 0 Å². The van der Waals surface area contributed by atoms with E-state index in [1.807, 2.05) is 36.4 Å². The molecule has 0 fully saturated rings. The molecule has 20 heavy (non-hydrogen) atoms. The highest BCUT2D eigenvalue weighted by Crippen LogP contribution is 2.30. The Kier molecular flexibility index (Phi) is 4.15. The first kappa shape index (κ1) is 13.7.